The molecule has 1 aromatic carbocycles. The van der Waals surface area contributed by atoms with Crippen molar-refractivity contribution in [1.82, 2.24) is 0 Å². The molecule has 126 valence electrons. The van der Waals surface area contributed by atoms with E-state index in [-0.39, 0.29) is 6.61 Å². The number of aliphatic hydroxyl groups excluding tert-OH is 2. The number of hydrogen-bond acceptors (Lipinski definition) is 5. The first-order valence-electron chi connectivity index (χ1n) is 7.76. The number of aliphatic hydroxyl groups is 2. The maximum Gasteiger partial charge on any atom is 0.164 e. The van der Waals surface area contributed by atoms with E-state index in [9.17, 15) is 10.2 Å². The van der Waals surface area contributed by atoms with Crippen molar-refractivity contribution in [3.8, 4) is 11.8 Å². The van der Waals surface area contributed by atoms with Crippen LogP contribution in [0.2, 0.25) is 0 Å². The first-order chi connectivity index (χ1) is 11.0. The van der Waals surface area contributed by atoms with Crippen molar-refractivity contribution in [3.63, 3.8) is 0 Å². The summed E-state index contributed by atoms with van der Waals surface area (Å²) in [7, 11) is 0. The van der Waals surface area contributed by atoms with Crippen molar-refractivity contribution in [2.24, 2.45) is 0 Å². The molecule has 0 amide bonds. The summed E-state index contributed by atoms with van der Waals surface area (Å²) >= 11 is 0. The summed E-state index contributed by atoms with van der Waals surface area (Å²) in [5, 5.41) is 19.4. The maximum atomic E-state index is 10.1. The van der Waals surface area contributed by atoms with E-state index in [2.05, 4.69) is 11.8 Å². The van der Waals surface area contributed by atoms with E-state index in [1.165, 1.54) is 0 Å². The number of rotatable bonds is 6. The molecule has 5 heteroatoms. The van der Waals surface area contributed by atoms with Crippen molar-refractivity contribution in [2.75, 3.05) is 13.2 Å². The lowest BCUT2D eigenvalue weighted by Gasteiger charge is -2.17. The molecule has 0 bridgehead atoms. The van der Waals surface area contributed by atoms with E-state index in [0.717, 1.165) is 5.56 Å². The second-order valence-electron chi connectivity index (χ2n) is 5.88. The lowest BCUT2D eigenvalue weighted by Crippen LogP contribution is -2.36. The molecule has 1 heterocycles. The monoisotopic (exact) mass is 320 g/mol. The van der Waals surface area contributed by atoms with Crippen LogP contribution < -0.4 is 0 Å². The van der Waals surface area contributed by atoms with Gasteiger partial charge in [0, 0.05) is 6.42 Å². The van der Waals surface area contributed by atoms with Crippen molar-refractivity contribution in [2.45, 2.75) is 51.0 Å². The smallest absolute Gasteiger partial charge is 0.164 e. The summed E-state index contributed by atoms with van der Waals surface area (Å²) in [6.07, 6.45) is -1.69. The summed E-state index contributed by atoms with van der Waals surface area (Å²) in [5.41, 5.74) is 1.12. The highest BCUT2D eigenvalue weighted by atomic mass is 16.8. The van der Waals surface area contributed by atoms with Crippen LogP contribution in [0.15, 0.2) is 30.3 Å². The third-order valence-corrected chi connectivity index (χ3v) is 3.45. The van der Waals surface area contributed by atoms with Crippen molar-refractivity contribution < 1.29 is 24.4 Å². The Morgan fingerprint density at radius 2 is 2.00 bits per heavy atom. The first kappa shape index (κ1) is 17.9. The summed E-state index contributed by atoms with van der Waals surface area (Å²) < 4.78 is 16.6. The second-order valence-corrected chi connectivity index (χ2v) is 5.88. The van der Waals surface area contributed by atoms with Gasteiger partial charge >= 0.3 is 0 Å². The number of hydrogen-bond donors (Lipinski definition) is 2. The van der Waals surface area contributed by atoms with Gasteiger partial charge < -0.3 is 24.4 Å². The van der Waals surface area contributed by atoms with Gasteiger partial charge in [-0.2, -0.15) is 0 Å². The highest BCUT2D eigenvalue weighted by Gasteiger charge is 2.44. The van der Waals surface area contributed by atoms with E-state index >= 15 is 0 Å². The molecule has 3 atom stereocenters. The molecule has 0 aromatic heterocycles. The van der Waals surface area contributed by atoms with Gasteiger partial charge in [0.1, 0.15) is 18.3 Å². The van der Waals surface area contributed by atoms with Crippen LogP contribution in [0.1, 0.15) is 25.8 Å². The molecule has 1 saturated heterocycles. The molecule has 23 heavy (non-hydrogen) atoms. The molecule has 1 aromatic rings. The van der Waals surface area contributed by atoms with E-state index < -0.39 is 24.1 Å². The molecule has 2 rings (SSSR count). The van der Waals surface area contributed by atoms with Crippen LogP contribution in [0.25, 0.3) is 0 Å². The Labute approximate surface area is 137 Å². The van der Waals surface area contributed by atoms with Crippen LogP contribution in [0.3, 0.4) is 0 Å². The van der Waals surface area contributed by atoms with Crippen LogP contribution >= 0.6 is 0 Å². The summed E-state index contributed by atoms with van der Waals surface area (Å²) in [5.74, 6) is 4.79. The van der Waals surface area contributed by atoms with Gasteiger partial charge in [-0.3, -0.25) is 0 Å². The Morgan fingerprint density at radius 3 is 2.70 bits per heavy atom. The molecule has 1 aliphatic rings. The maximum absolute atomic E-state index is 10.1. The van der Waals surface area contributed by atoms with Crippen molar-refractivity contribution >= 4 is 0 Å². The predicted molar refractivity (Wildman–Crippen MR) is 85.4 cm³/mol. The third kappa shape index (κ3) is 5.61. The molecule has 0 saturated carbocycles. The minimum Gasteiger partial charge on any atom is -0.394 e. The van der Waals surface area contributed by atoms with Crippen LogP contribution in [0, 0.1) is 11.8 Å². The fourth-order valence-corrected chi connectivity index (χ4v) is 2.42. The predicted octanol–water partition coefficient (Wildman–Crippen LogP) is 1.47. The van der Waals surface area contributed by atoms with Crippen LogP contribution in [-0.4, -0.2) is 47.5 Å². The Balaban J connectivity index is 1.71. The lowest BCUT2D eigenvalue weighted by molar-refractivity contribution is -0.154. The zero-order valence-electron chi connectivity index (χ0n) is 13.6. The minimum atomic E-state index is -0.997. The van der Waals surface area contributed by atoms with Gasteiger partial charge in [0.2, 0.25) is 0 Å². The van der Waals surface area contributed by atoms with Gasteiger partial charge in [-0.1, -0.05) is 42.2 Å². The quantitative estimate of drug-likeness (QED) is 0.614. The molecule has 0 aliphatic carbocycles. The Hall–Kier alpha value is -1.42. The van der Waals surface area contributed by atoms with Crippen LogP contribution in [-0.2, 0) is 20.8 Å². The SMILES string of the molecule is CC1(C)OC(CO)C(C(O)C#CCCOCc2ccccc2)O1. The lowest BCUT2D eigenvalue weighted by atomic mass is 10.1. The van der Waals surface area contributed by atoms with Crippen molar-refractivity contribution in [3.05, 3.63) is 35.9 Å². The zero-order chi connectivity index (χ0) is 16.7. The van der Waals surface area contributed by atoms with Gasteiger partial charge in [0.25, 0.3) is 0 Å². The van der Waals surface area contributed by atoms with Gasteiger partial charge in [0.15, 0.2) is 5.79 Å². The second kappa shape index (κ2) is 8.44. The molecule has 5 nitrogen and oxygen atoms in total. The van der Waals surface area contributed by atoms with Crippen molar-refractivity contribution in [1.29, 1.82) is 0 Å². The normalized spacial score (nSPS) is 24.0. The van der Waals surface area contributed by atoms with Crippen LogP contribution in [0.4, 0.5) is 0 Å². The van der Waals surface area contributed by atoms with E-state index in [1.807, 2.05) is 30.3 Å². The molecule has 0 radical (unpaired) electrons. The first-order valence-corrected chi connectivity index (χ1v) is 7.76. The van der Waals surface area contributed by atoms with E-state index in [0.29, 0.717) is 19.6 Å². The van der Waals surface area contributed by atoms with Gasteiger partial charge in [-0.25, -0.2) is 0 Å². The number of ether oxygens (including phenoxy) is 3. The largest absolute Gasteiger partial charge is 0.394 e. The highest BCUT2D eigenvalue weighted by Crippen LogP contribution is 2.29. The topological polar surface area (TPSA) is 68.2 Å². The van der Waals surface area contributed by atoms with Crippen LogP contribution in [0.5, 0.6) is 0 Å². The molecule has 3 unspecified atom stereocenters. The Kier molecular flexibility index (Phi) is 6.58. The molecule has 0 spiro atoms. The molecule has 2 N–H and O–H groups in total. The zero-order valence-corrected chi connectivity index (χ0v) is 13.6. The summed E-state index contributed by atoms with van der Waals surface area (Å²) in [6.45, 7) is 4.31. The van der Waals surface area contributed by atoms with Gasteiger partial charge in [-0.15, -0.1) is 0 Å². The average molecular weight is 320 g/mol. The third-order valence-electron chi connectivity index (χ3n) is 3.45. The van der Waals surface area contributed by atoms with E-state index in [1.54, 1.807) is 13.8 Å². The van der Waals surface area contributed by atoms with Gasteiger partial charge in [0.05, 0.1) is 19.8 Å². The Morgan fingerprint density at radius 1 is 1.26 bits per heavy atom. The summed E-state index contributed by atoms with van der Waals surface area (Å²) in [6, 6.07) is 9.91. The Bertz CT molecular complexity index is 531. The molecule has 1 fully saturated rings. The molecular formula is C18H24O5. The standard InChI is InChI=1S/C18H24O5/c1-18(2)22-16(12-19)17(23-18)15(20)10-6-7-11-21-13-14-8-4-3-5-9-14/h3-5,8-9,15-17,19-20H,7,11-13H2,1-2H3. The number of benzene rings is 1. The highest BCUT2D eigenvalue weighted by molar-refractivity contribution is 5.13. The fraction of sp³-hybridized carbons (Fsp3) is 0.556. The average Bonchev–Trinajstić information content (AvgIpc) is 2.86. The van der Waals surface area contributed by atoms with Gasteiger partial charge in [-0.05, 0) is 19.4 Å². The molecule has 1 aliphatic heterocycles. The van der Waals surface area contributed by atoms with E-state index in [4.69, 9.17) is 14.2 Å². The molecular weight excluding hydrogens is 296 g/mol. The minimum absolute atomic E-state index is 0.215. The summed E-state index contributed by atoms with van der Waals surface area (Å²) in [4.78, 5) is 0. The fourth-order valence-electron chi connectivity index (χ4n) is 2.42.